The van der Waals surface area contributed by atoms with Crippen molar-refractivity contribution in [2.45, 2.75) is 39.2 Å². The highest BCUT2D eigenvalue weighted by Crippen LogP contribution is 2.26. The van der Waals surface area contributed by atoms with Crippen LogP contribution in [0.2, 0.25) is 0 Å². The second kappa shape index (κ2) is 6.68. The van der Waals surface area contributed by atoms with Gasteiger partial charge >= 0.3 is 0 Å². The highest BCUT2D eigenvalue weighted by molar-refractivity contribution is 9.10. The van der Waals surface area contributed by atoms with E-state index in [2.05, 4.69) is 50.4 Å². The number of halogens is 1. The molecule has 0 saturated carbocycles. The highest BCUT2D eigenvalue weighted by Gasteiger charge is 2.09. The van der Waals surface area contributed by atoms with Crippen LogP contribution in [0.3, 0.4) is 0 Å². The van der Waals surface area contributed by atoms with Crippen molar-refractivity contribution in [3.05, 3.63) is 10.8 Å². The summed E-state index contributed by atoms with van der Waals surface area (Å²) in [6.07, 6.45) is 5.17. The van der Waals surface area contributed by atoms with Crippen LogP contribution in [0.25, 0.3) is 0 Å². The van der Waals surface area contributed by atoms with Gasteiger partial charge in [0.1, 0.15) is 22.4 Å². The summed E-state index contributed by atoms with van der Waals surface area (Å²) in [7, 11) is 1.84. The van der Waals surface area contributed by atoms with Gasteiger partial charge in [0, 0.05) is 13.1 Å². The number of hydrogen-bond donors (Lipinski definition) is 2. The minimum absolute atomic E-state index is 0.427. The minimum Gasteiger partial charge on any atom is -0.372 e. The maximum atomic E-state index is 4.23. The molecule has 0 fully saturated rings. The Balaban J connectivity index is 2.66. The summed E-state index contributed by atoms with van der Waals surface area (Å²) in [5.41, 5.74) is 0. The fourth-order valence-electron chi connectivity index (χ4n) is 1.46. The molecular formula is C11H19BrN4. The number of unbranched alkanes of at least 4 members (excludes halogenated alkanes) is 1. The second-order valence-corrected chi connectivity index (χ2v) is 4.62. The van der Waals surface area contributed by atoms with E-state index in [-0.39, 0.29) is 0 Å². The molecule has 0 aromatic carbocycles. The number of rotatable bonds is 6. The lowest BCUT2D eigenvalue weighted by molar-refractivity contribution is 0.642. The van der Waals surface area contributed by atoms with Gasteiger partial charge in [0.05, 0.1) is 0 Å². The van der Waals surface area contributed by atoms with Crippen molar-refractivity contribution in [1.82, 2.24) is 9.97 Å². The largest absolute Gasteiger partial charge is 0.372 e. The SMILES string of the molecule is CCCCC(C)Nc1ncnc(NC)c1Br. The van der Waals surface area contributed by atoms with Crippen molar-refractivity contribution in [2.75, 3.05) is 17.7 Å². The number of hydrogen-bond acceptors (Lipinski definition) is 4. The zero-order chi connectivity index (χ0) is 12.0. The molecule has 1 rings (SSSR count). The molecule has 0 aliphatic carbocycles. The van der Waals surface area contributed by atoms with Gasteiger partial charge in [-0.1, -0.05) is 19.8 Å². The third-order valence-electron chi connectivity index (χ3n) is 2.40. The van der Waals surface area contributed by atoms with E-state index in [1.165, 1.54) is 12.8 Å². The first-order chi connectivity index (χ1) is 7.69. The lowest BCUT2D eigenvalue weighted by atomic mass is 10.1. The van der Waals surface area contributed by atoms with Gasteiger partial charge in [0.25, 0.3) is 0 Å². The van der Waals surface area contributed by atoms with Crippen LogP contribution >= 0.6 is 15.9 Å². The van der Waals surface area contributed by atoms with Gasteiger partial charge in [-0.15, -0.1) is 0 Å². The summed E-state index contributed by atoms with van der Waals surface area (Å²) < 4.78 is 0.890. The fourth-order valence-corrected chi connectivity index (χ4v) is 1.98. The van der Waals surface area contributed by atoms with E-state index in [4.69, 9.17) is 0 Å². The maximum absolute atomic E-state index is 4.23. The zero-order valence-electron chi connectivity index (χ0n) is 10.0. The lowest BCUT2D eigenvalue weighted by Gasteiger charge is -2.15. The van der Waals surface area contributed by atoms with Crippen LogP contribution in [-0.2, 0) is 0 Å². The number of nitrogens with one attached hydrogen (secondary N) is 2. The summed E-state index contributed by atoms with van der Waals surface area (Å²) in [6.45, 7) is 4.37. The number of nitrogens with zero attached hydrogens (tertiary/aromatic N) is 2. The van der Waals surface area contributed by atoms with Gasteiger partial charge in [-0.2, -0.15) is 0 Å². The summed E-state index contributed by atoms with van der Waals surface area (Å²) in [4.78, 5) is 8.34. The summed E-state index contributed by atoms with van der Waals surface area (Å²) in [6, 6.07) is 0.427. The molecule has 4 nitrogen and oxygen atoms in total. The van der Waals surface area contributed by atoms with Crippen molar-refractivity contribution >= 4 is 27.6 Å². The molecule has 0 amide bonds. The Labute approximate surface area is 105 Å². The van der Waals surface area contributed by atoms with E-state index in [0.29, 0.717) is 6.04 Å². The van der Waals surface area contributed by atoms with Gasteiger partial charge in [-0.25, -0.2) is 9.97 Å². The molecule has 90 valence electrons. The normalized spacial score (nSPS) is 12.2. The third-order valence-corrected chi connectivity index (χ3v) is 3.15. The first-order valence-corrected chi connectivity index (χ1v) is 6.43. The Morgan fingerprint density at radius 1 is 1.38 bits per heavy atom. The smallest absolute Gasteiger partial charge is 0.146 e. The Kier molecular flexibility index (Phi) is 5.52. The molecule has 0 radical (unpaired) electrons. The predicted octanol–water partition coefficient (Wildman–Crippen LogP) is 3.27. The maximum Gasteiger partial charge on any atom is 0.146 e. The van der Waals surface area contributed by atoms with Crippen LogP contribution in [0.1, 0.15) is 33.1 Å². The molecule has 0 aliphatic rings. The lowest BCUT2D eigenvalue weighted by Crippen LogP contribution is -2.16. The van der Waals surface area contributed by atoms with Crippen molar-refractivity contribution < 1.29 is 0 Å². The molecule has 1 unspecified atom stereocenters. The van der Waals surface area contributed by atoms with Gasteiger partial charge in [-0.05, 0) is 29.3 Å². The van der Waals surface area contributed by atoms with Crippen LogP contribution in [0, 0.1) is 0 Å². The summed E-state index contributed by atoms with van der Waals surface area (Å²) in [5, 5.41) is 6.40. The molecule has 1 atom stereocenters. The van der Waals surface area contributed by atoms with Crippen LogP contribution in [0.5, 0.6) is 0 Å². The molecule has 1 aromatic heterocycles. The Bertz CT molecular complexity index is 330. The predicted molar refractivity (Wildman–Crippen MR) is 71.9 cm³/mol. The first kappa shape index (κ1) is 13.2. The molecule has 0 bridgehead atoms. The Hall–Kier alpha value is -0.840. The summed E-state index contributed by atoms with van der Waals surface area (Å²) in [5.74, 6) is 1.66. The van der Waals surface area contributed by atoms with E-state index in [0.717, 1.165) is 22.5 Å². The summed E-state index contributed by atoms with van der Waals surface area (Å²) >= 11 is 3.49. The van der Waals surface area contributed by atoms with Crippen LogP contribution in [0.4, 0.5) is 11.6 Å². The van der Waals surface area contributed by atoms with Gasteiger partial charge in [-0.3, -0.25) is 0 Å². The van der Waals surface area contributed by atoms with Gasteiger partial charge < -0.3 is 10.6 Å². The van der Waals surface area contributed by atoms with Gasteiger partial charge in [0.2, 0.25) is 0 Å². The molecular weight excluding hydrogens is 268 g/mol. The Morgan fingerprint density at radius 3 is 2.69 bits per heavy atom. The zero-order valence-corrected chi connectivity index (χ0v) is 11.6. The molecule has 16 heavy (non-hydrogen) atoms. The van der Waals surface area contributed by atoms with Crippen LogP contribution < -0.4 is 10.6 Å². The molecule has 2 N–H and O–H groups in total. The molecule has 0 aliphatic heterocycles. The second-order valence-electron chi connectivity index (χ2n) is 3.82. The number of aromatic nitrogens is 2. The van der Waals surface area contributed by atoms with E-state index < -0.39 is 0 Å². The van der Waals surface area contributed by atoms with E-state index in [9.17, 15) is 0 Å². The van der Waals surface area contributed by atoms with Crippen LogP contribution in [-0.4, -0.2) is 23.1 Å². The molecule has 0 saturated heterocycles. The van der Waals surface area contributed by atoms with Crippen molar-refractivity contribution in [3.63, 3.8) is 0 Å². The van der Waals surface area contributed by atoms with Gasteiger partial charge in [0.15, 0.2) is 0 Å². The van der Waals surface area contributed by atoms with Crippen molar-refractivity contribution in [3.8, 4) is 0 Å². The Morgan fingerprint density at radius 2 is 2.06 bits per heavy atom. The average Bonchev–Trinajstić information content (AvgIpc) is 2.29. The van der Waals surface area contributed by atoms with Crippen molar-refractivity contribution in [2.24, 2.45) is 0 Å². The molecule has 5 heteroatoms. The van der Waals surface area contributed by atoms with E-state index in [1.54, 1.807) is 6.33 Å². The molecule has 1 aromatic rings. The van der Waals surface area contributed by atoms with E-state index in [1.807, 2.05) is 7.05 Å². The standard InChI is InChI=1S/C11H19BrN4/c1-4-5-6-8(2)16-11-9(12)10(13-3)14-7-15-11/h7-8H,4-6H2,1-3H3,(H2,13,14,15,16). The fraction of sp³-hybridized carbons (Fsp3) is 0.636. The monoisotopic (exact) mass is 286 g/mol. The van der Waals surface area contributed by atoms with Crippen molar-refractivity contribution in [1.29, 1.82) is 0 Å². The van der Waals surface area contributed by atoms with Crippen LogP contribution in [0.15, 0.2) is 10.8 Å². The van der Waals surface area contributed by atoms with E-state index >= 15 is 0 Å². The third kappa shape index (κ3) is 3.63. The highest BCUT2D eigenvalue weighted by atomic mass is 79.9. The number of anilines is 2. The molecule has 0 spiro atoms. The first-order valence-electron chi connectivity index (χ1n) is 5.63. The molecule has 1 heterocycles. The topological polar surface area (TPSA) is 49.8 Å². The average molecular weight is 287 g/mol. The minimum atomic E-state index is 0.427. The quantitative estimate of drug-likeness (QED) is 0.843.